The summed E-state index contributed by atoms with van der Waals surface area (Å²) >= 11 is 1.37. The van der Waals surface area contributed by atoms with Gasteiger partial charge in [0.05, 0.1) is 5.69 Å². The Morgan fingerprint density at radius 3 is 2.50 bits per heavy atom. The monoisotopic (exact) mass is 342 g/mol. The Balaban J connectivity index is 2.03. The molecule has 4 nitrogen and oxygen atoms in total. The highest BCUT2D eigenvalue weighted by molar-refractivity contribution is 7.14. The van der Waals surface area contributed by atoms with Crippen molar-refractivity contribution >= 4 is 34.2 Å². The Bertz CT molecular complexity index is 745. The average molecular weight is 342 g/mol. The van der Waals surface area contributed by atoms with Crippen molar-refractivity contribution in [1.29, 1.82) is 0 Å². The van der Waals surface area contributed by atoms with Crippen molar-refractivity contribution in [3.05, 3.63) is 52.5 Å². The van der Waals surface area contributed by atoms with Crippen molar-refractivity contribution in [1.82, 2.24) is 4.98 Å². The first-order valence-electron chi connectivity index (χ1n) is 7.88. The van der Waals surface area contributed by atoms with E-state index in [-0.39, 0.29) is 11.7 Å². The molecule has 0 aliphatic heterocycles. The third-order valence-electron chi connectivity index (χ3n) is 3.56. The molecule has 1 heterocycles. The van der Waals surface area contributed by atoms with Gasteiger partial charge < -0.3 is 0 Å². The summed E-state index contributed by atoms with van der Waals surface area (Å²) in [7, 11) is 1.68. The number of rotatable bonds is 6. The van der Waals surface area contributed by atoms with E-state index in [1.54, 1.807) is 13.1 Å². The van der Waals surface area contributed by atoms with Crippen LogP contribution in [0.15, 0.2) is 35.7 Å². The summed E-state index contributed by atoms with van der Waals surface area (Å²) in [4.78, 5) is 29.4. The molecular formula is C19H22N2O2S. The van der Waals surface area contributed by atoms with Gasteiger partial charge in [0.1, 0.15) is 0 Å². The van der Waals surface area contributed by atoms with Crippen LogP contribution in [0.3, 0.4) is 0 Å². The van der Waals surface area contributed by atoms with Crippen LogP contribution in [0.4, 0.5) is 5.13 Å². The molecule has 0 spiro atoms. The second-order valence-corrected chi connectivity index (χ2v) is 6.96. The van der Waals surface area contributed by atoms with Gasteiger partial charge in [-0.05, 0) is 30.1 Å². The maximum Gasteiger partial charge on any atom is 0.225 e. The van der Waals surface area contributed by atoms with Crippen molar-refractivity contribution in [3.8, 4) is 0 Å². The molecule has 126 valence electrons. The number of benzene rings is 1. The zero-order valence-corrected chi connectivity index (χ0v) is 15.3. The van der Waals surface area contributed by atoms with Crippen molar-refractivity contribution in [2.45, 2.75) is 27.2 Å². The Morgan fingerprint density at radius 1 is 1.25 bits per heavy atom. The fourth-order valence-corrected chi connectivity index (χ4v) is 2.98. The fraction of sp³-hybridized carbons (Fsp3) is 0.316. The van der Waals surface area contributed by atoms with Crippen LogP contribution >= 0.6 is 11.3 Å². The van der Waals surface area contributed by atoms with Crippen molar-refractivity contribution in [2.75, 3.05) is 11.9 Å². The summed E-state index contributed by atoms with van der Waals surface area (Å²) in [6.07, 6.45) is 4.21. The molecule has 5 heteroatoms. The minimum atomic E-state index is -0.0718. The first kappa shape index (κ1) is 18.1. The van der Waals surface area contributed by atoms with Gasteiger partial charge in [-0.3, -0.25) is 14.5 Å². The van der Waals surface area contributed by atoms with E-state index in [1.807, 2.05) is 29.6 Å². The number of carbonyl (C=O) groups excluding carboxylic acids is 2. The molecule has 0 bridgehead atoms. The summed E-state index contributed by atoms with van der Waals surface area (Å²) in [5.41, 5.74) is 2.57. The highest BCUT2D eigenvalue weighted by Gasteiger charge is 2.09. The smallest absolute Gasteiger partial charge is 0.225 e. The predicted octanol–water partition coefficient (Wildman–Crippen LogP) is 4.22. The Labute approximate surface area is 146 Å². The van der Waals surface area contributed by atoms with Crippen LogP contribution in [0.25, 0.3) is 6.08 Å². The Hall–Kier alpha value is -2.27. The van der Waals surface area contributed by atoms with Gasteiger partial charge in [0, 0.05) is 24.9 Å². The Kier molecular flexibility index (Phi) is 6.04. The second kappa shape index (κ2) is 8.02. The van der Waals surface area contributed by atoms with E-state index < -0.39 is 0 Å². The number of carbonyl (C=O) groups is 2. The molecule has 0 N–H and O–H groups in total. The minimum Gasteiger partial charge on any atom is -0.291 e. The number of hydrogen-bond donors (Lipinski definition) is 0. The number of hydrogen-bond acceptors (Lipinski definition) is 4. The second-order valence-electron chi connectivity index (χ2n) is 6.13. The number of nitrogens with zero attached hydrogens (tertiary/aromatic N) is 2. The van der Waals surface area contributed by atoms with E-state index in [0.29, 0.717) is 22.3 Å². The standard InChI is InChI=1S/C19H22N2O2S/c1-13(2)11-15-5-7-16(8-6-15)18(23)10-9-17-12-24-19(20-17)21(4)14(3)22/h5-10,12-13H,11H2,1-4H3/b10-9-. The molecule has 0 atom stereocenters. The van der Waals surface area contributed by atoms with Gasteiger partial charge in [0.2, 0.25) is 5.91 Å². The highest BCUT2D eigenvalue weighted by Crippen LogP contribution is 2.20. The highest BCUT2D eigenvalue weighted by atomic mass is 32.1. The molecule has 0 radical (unpaired) electrons. The van der Waals surface area contributed by atoms with Gasteiger partial charge in [-0.1, -0.05) is 38.1 Å². The lowest BCUT2D eigenvalue weighted by atomic mass is 10.0. The van der Waals surface area contributed by atoms with Crippen LogP contribution in [0, 0.1) is 5.92 Å². The van der Waals surface area contributed by atoms with Crippen molar-refractivity contribution in [3.63, 3.8) is 0 Å². The third kappa shape index (κ3) is 4.86. The van der Waals surface area contributed by atoms with Gasteiger partial charge in [-0.2, -0.15) is 0 Å². The molecule has 0 aliphatic rings. The van der Waals surface area contributed by atoms with Crippen LogP contribution in [-0.4, -0.2) is 23.7 Å². The lowest BCUT2D eigenvalue weighted by Gasteiger charge is -2.09. The van der Waals surface area contributed by atoms with Crippen molar-refractivity contribution in [2.24, 2.45) is 5.92 Å². The number of anilines is 1. The van der Waals surface area contributed by atoms with Crippen LogP contribution in [0.5, 0.6) is 0 Å². The largest absolute Gasteiger partial charge is 0.291 e. The summed E-state index contributed by atoms with van der Waals surface area (Å²) < 4.78 is 0. The average Bonchev–Trinajstić information content (AvgIpc) is 3.00. The number of thiazole rings is 1. The van der Waals surface area contributed by atoms with Crippen LogP contribution in [0.1, 0.15) is 42.4 Å². The van der Waals surface area contributed by atoms with Crippen molar-refractivity contribution < 1.29 is 9.59 Å². The van der Waals surface area contributed by atoms with Gasteiger partial charge in [0.15, 0.2) is 10.9 Å². The van der Waals surface area contributed by atoms with E-state index in [2.05, 4.69) is 18.8 Å². The lowest BCUT2D eigenvalue weighted by molar-refractivity contribution is -0.116. The summed E-state index contributed by atoms with van der Waals surface area (Å²) in [5.74, 6) is 0.469. The zero-order chi connectivity index (χ0) is 17.7. The molecular weight excluding hydrogens is 320 g/mol. The fourth-order valence-electron chi connectivity index (χ4n) is 2.18. The SMILES string of the molecule is CC(=O)N(C)c1nc(/C=C\C(=O)c2ccc(CC(C)C)cc2)cs1. The van der Waals surface area contributed by atoms with Crippen LogP contribution < -0.4 is 4.90 Å². The molecule has 0 saturated carbocycles. The first-order chi connectivity index (χ1) is 11.4. The third-order valence-corrected chi connectivity index (χ3v) is 4.49. The summed E-state index contributed by atoms with van der Waals surface area (Å²) in [6, 6.07) is 7.73. The zero-order valence-electron chi connectivity index (χ0n) is 14.4. The van der Waals surface area contributed by atoms with E-state index >= 15 is 0 Å². The molecule has 0 unspecified atom stereocenters. The molecule has 0 saturated heterocycles. The maximum absolute atomic E-state index is 12.2. The van der Waals surface area contributed by atoms with E-state index in [0.717, 1.165) is 6.42 Å². The minimum absolute atomic E-state index is 0.0550. The molecule has 1 aromatic heterocycles. The molecule has 0 aliphatic carbocycles. The number of amides is 1. The normalized spacial score (nSPS) is 11.2. The number of allylic oxidation sites excluding steroid dienone is 1. The maximum atomic E-state index is 12.2. The molecule has 1 aromatic carbocycles. The van der Waals surface area contributed by atoms with Gasteiger partial charge in [0.25, 0.3) is 0 Å². The predicted molar refractivity (Wildman–Crippen MR) is 99.5 cm³/mol. The van der Waals surface area contributed by atoms with E-state index in [1.165, 1.54) is 34.8 Å². The lowest BCUT2D eigenvalue weighted by Crippen LogP contribution is -2.22. The van der Waals surface area contributed by atoms with Gasteiger partial charge in [-0.25, -0.2) is 4.98 Å². The van der Waals surface area contributed by atoms with E-state index in [4.69, 9.17) is 0 Å². The number of aromatic nitrogens is 1. The molecule has 24 heavy (non-hydrogen) atoms. The summed E-state index contributed by atoms with van der Waals surface area (Å²) in [6.45, 7) is 5.84. The molecule has 2 rings (SSSR count). The molecule has 1 amide bonds. The Morgan fingerprint density at radius 2 is 1.92 bits per heavy atom. The molecule has 2 aromatic rings. The summed E-state index contributed by atoms with van der Waals surface area (Å²) in [5, 5.41) is 2.44. The van der Waals surface area contributed by atoms with Crippen LogP contribution in [-0.2, 0) is 11.2 Å². The number of ketones is 1. The van der Waals surface area contributed by atoms with Gasteiger partial charge in [-0.15, -0.1) is 11.3 Å². The van der Waals surface area contributed by atoms with Crippen LogP contribution in [0.2, 0.25) is 0 Å². The first-order valence-corrected chi connectivity index (χ1v) is 8.76. The topological polar surface area (TPSA) is 50.3 Å². The molecule has 0 fully saturated rings. The van der Waals surface area contributed by atoms with Gasteiger partial charge >= 0.3 is 0 Å². The van der Waals surface area contributed by atoms with E-state index in [9.17, 15) is 9.59 Å². The quantitative estimate of drug-likeness (QED) is 0.583.